The molecule has 3 aromatic rings. The number of aliphatic hydroxyl groups excluding tert-OH is 1. The topological polar surface area (TPSA) is 81.7 Å². The first-order valence-corrected chi connectivity index (χ1v) is 6.84. The molecule has 0 radical (unpaired) electrons. The first-order chi connectivity index (χ1) is 11.1. The first-order valence-electron chi connectivity index (χ1n) is 6.84. The molecule has 1 N–H and O–H groups in total. The summed E-state index contributed by atoms with van der Waals surface area (Å²) in [5.41, 5.74) is 1.70. The molecule has 0 amide bonds. The Labute approximate surface area is 130 Å². The molecular weight excluding hydrogens is 306 g/mol. The summed E-state index contributed by atoms with van der Waals surface area (Å²) in [5.74, 6) is 0. The lowest BCUT2D eigenvalue weighted by Crippen LogP contribution is -2.02. The van der Waals surface area contributed by atoms with Gasteiger partial charge < -0.3 is 5.11 Å². The molecule has 0 aromatic carbocycles. The zero-order valence-corrected chi connectivity index (χ0v) is 12.3. The minimum Gasteiger partial charge on any atom is -0.390 e. The van der Waals surface area contributed by atoms with Gasteiger partial charge >= 0.3 is 0 Å². The van der Waals surface area contributed by atoms with Crippen molar-refractivity contribution in [3.8, 4) is 11.4 Å². The van der Waals surface area contributed by atoms with Crippen LogP contribution in [0.1, 0.15) is 23.4 Å². The van der Waals surface area contributed by atoms with Crippen molar-refractivity contribution in [3.05, 3.63) is 47.5 Å². The van der Waals surface area contributed by atoms with E-state index in [9.17, 15) is 8.78 Å². The van der Waals surface area contributed by atoms with E-state index in [1.165, 1.54) is 15.6 Å². The molecule has 7 nitrogen and oxygen atoms in total. The quantitative estimate of drug-likeness (QED) is 0.771. The monoisotopic (exact) mass is 320 g/mol. The van der Waals surface area contributed by atoms with E-state index in [-0.39, 0.29) is 18.8 Å². The highest BCUT2D eigenvalue weighted by atomic mass is 19.3. The van der Waals surface area contributed by atoms with E-state index < -0.39 is 6.43 Å². The van der Waals surface area contributed by atoms with Crippen molar-refractivity contribution in [1.82, 2.24) is 29.8 Å². The number of aliphatic hydroxyl groups is 1. The molecule has 0 aliphatic carbocycles. The fourth-order valence-electron chi connectivity index (χ4n) is 2.24. The fraction of sp³-hybridized carbons (Fsp3) is 0.286. The summed E-state index contributed by atoms with van der Waals surface area (Å²) in [5, 5.41) is 20.8. The van der Waals surface area contributed by atoms with Crippen LogP contribution in [-0.4, -0.2) is 34.9 Å². The summed E-state index contributed by atoms with van der Waals surface area (Å²) in [7, 11) is 1.59. The number of aromatic nitrogens is 6. The molecule has 0 atom stereocenters. The van der Waals surface area contributed by atoms with Gasteiger partial charge in [0.05, 0.1) is 30.7 Å². The van der Waals surface area contributed by atoms with Crippen LogP contribution in [-0.2, 0) is 20.2 Å². The molecule has 120 valence electrons. The highest BCUT2D eigenvalue weighted by molar-refractivity contribution is 5.52. The molecule has 0 unspecified atom stereocenters. The summed E-state index contributed by atoms with van der Waals surface area (Å²) >= 11 is 0. The number of aryl methyl sites for hydroxylation is 1. The minimum absolute atomic E-state index is 0.139. The van der Waals surface area contributed by atoms with Gasteiger partial charge in [-0.1, -0.05) is 11.3 Å². The normalized spacial score (nSPS) is 11.3. The van der Waals surface area contributed by atoms with Crippen molar-refractivity contribution in [1.29, 1.82) is 0 Å². The zero-order valence-electron chi connectivity index (χ0n) is 12.3. The summed E-state index contributed by atoms with van der Waals surface area (Å²) in [6, 6.07) is 5.18. The van der Waals surface area contributed by atoms with E-state index in [1.54, 1.807) is 31.4 Å². The van der Waals surface area contributed by atoms with Gasteiger partial charge in [-0.15, -0.1) is 5.10 Å². The lowest BCUT2D eigenvalue weighted by Gasteiger charge is -2.00. The number of hydrogen-bond acceptors (Lipinski definition) is 5. The van der Waals surface area contributed by atoms with Crippen LogP contribution in [0.5, 0.6) is 0 Å². The van der Waals surface area contributed by atoms with Gasteiger partial charge in [-0.25, -0.2) is 18.4 Å². The summed E-state index contributed by atoms with van der Waals surface area (Å²) in [6.45, 7) is -0.0321. The Kier molecular flexibility index (Phi) is 4.11. The molecule has 0 spiro atoms. The Bertz CT molecular complexity index is 813. The maximum atomic E-state index is 12.9. The van der Waals surface area contributed by atoms with Crippen molar-refractivity contribution < 1.29 is 13.9 Å². The van der Waals surface area contributed by atoms with E-state index in [2.05, 4.69) is 20.4 Å². The molecule has 0 fully saturated rings. The smallest absolute Gasteiger partial charge is 0.282 e. The predicted molar refractivity (Wildman–Crippen MR) is 76.4 cm³/mol. The van der Waals surface area contributed by atoms with Crippen LogP contribution in [0.25, 0.3) is 11.4 Å². The Hall–Kier alpha value is -2.68. The standard InChI is InChI=1S/C14H14F2N6O/c1-21-5-9(13(19-21)14(15)16)6-22-7-12(18-20-22)11-4-2-3-10(8-23)17-11/h2-5,7,14,23H,6,8H2,1H3. The van der Waals surface area contributed by atoms with Crippen LogP contribution < -0.4 is 0 Å². The Morgan fingerprint density at radius 3 is 2.78 bits per heavy atom. The van der Waals surface area contributed by atoms with E-state index in [1.807, 2.05) is 0 Å². The van der Waals surface area contributed by atoms with Gasteiger partial charge in [0, 0.05) is 18.8 Å². The van der Waals surface area contributed by atoms with Crippen molar-refractivity contribution >= 4 is 0 Å². The second-order valence-corrected chi connectivity index (χ2v) is 4.99. The third kappa shape index (κ3) is 3.24. The zero-order chi connectivity index (χ0) is 16.4. The number of hydrogen-bond donors (Lipinski definition) is 1. The molecule has 23 heavy (non-hydrogen) atoms. The third-order valence-corrected chi connectivity index (χ3v) is 3.25. The lowest BCUT2D eigenvalue weighted by molar-refractivity contribution is 0.144. The van der Waals surface area contributed by atoms with Gasteiger partial charge in [0.1, 0.15) is 11.4 Å². The van der Waals surface area contributed by atoms with Crippen LogP contribution >= 0.6 is 0 Å². The molecule has 0 aliphatic heterocycles. The molecule has 3 rings (SSSR count). The predicted octanol–water partition coefficient (Wildman–Crippen LogP) is 1.55. The van der Waals surface area contributed by atoms with Gasteiger partial charge in [-0.3, -0.25) is 4.68 Å². The van der Waals surface area contributed by atoms with Crippen LogP contribution in [0.3, 0.4) is 0 Å². The molecule has 9 heteroatoms. The van der Waals surface area contributed by atoms with E-state index >= 15 is 0 Å². The summed E-state index contributed by atoms with van der Waals surface area (Å²) < 4.78 is 28.7. The number of pyridine rings is 1. The average Bonchev–Trinajstić information content (AvgIpc) is 3.14. The Morgan fingerprint density at radius 1 is 1.22 bits per heavy atom. The van der Waals surface area contributed by atoms with Crippen molar-refractivity contribution in [2.75, 3.05) is 0 Å². The molecule has 0 saturated carbocycles. The summed E-state index contributed by atoms with van der Waals surface area (Å²) in [6.07, 6.45) is 0.510. The van der Waals surface area contributed by atoms with Gasteiger partial charge in [0.15, 0.2) is 0 Å². The summed E-state index contributed by atoms with van der Waals surface area (Å²) in [4.78, 5) is 4.23. The highest BCUT2D eigenvalue weighted by Gasteiger charge is 2.18. The highest BCUT2D eigenvalue weighted by Crippen LogP contribution is 2.22. The first kappa shape index (κ1) is 15.2. The number of halogens is 2. The molecule has 0 bridgehead atoms. The molecule has 0 saturated heterocycles. The number of alkyl halides is 2. The second kappa shape index (κ2) is 6.21. The van der Waals surface area contributed by atoms with Crippen molar-refractivity contribution in [3.63, 3.8) is 0 Å². The van der Waals surface area contributed by atoms with Gasteiger partial charge in [-0.2, -0.15) is 5.10 Å². The SMILES string of the molecule is Cn1cc(Cn2cc(-c3cccc(CO)n3)nn2)c(C(F)F)n1. The van der Waals surface area contributed by atoms with Gasteiger partial charge in [0.25, 0.3) is 6.43 Å². The molecule has 0 aliphatic rings. The Balaban J connectivity index is 1.85. The van der Waals surface area contributed by atoms with Crippen LogP contribution in [0.4, 0.5) is 8.78 Å². The van der Waals surface area contributed by atoms with Crippen LogP contribution in [0, 0.1) is 0 Å². The van der Waals surface area contributed by atoms with Crippen molar-refractivity contribution in [2.45, 2.75) is 19.6 Å². The van der Waals surface area contributed by atoms with E-state index in [0.717, 1.165) is 0 Å². The minimum atomic E-state index is -2.64. The largest absolute Gasteiger partial charge is 0.390 e. The molecular formula is C14H14F2N6O. The van der Waals surface area contributed by atoms with Gasteiger partial charge in [0.2, 0.25) is 0 Å². The van der Waals surface area contributed by atoms with E-state index in [0.29, 0.717) is 22.6 Å². The van der Waals surface area contributed by atoms with Crippen LogP contribution in [0.15, 0.2) is 30.6 Å². The number of nitrogens with zero attached hydrogens (tertiary/aromatic N) is 6. The average molecular weight is 320 g/mol. The maximum absolute atomic E-state index is 12.9. The molecule has 3 heterocycles. The van der Waals surface area contributed by atoms with E-state index in [4.69, 9.17) is 5.11 Å². The van der Waals surface area contributed by atoms with Crippen LogP contribution in [0.2, 0.25) is 0 Å². The molecule has 3 aromatic heterocycles. The van der Waals surface area contributed by atoms with Crippen molar-refractivity contribution in [2.24, 2.45) is 7.05 Å². The third-order valence-electron chi connectivity index (χ3n) is 3.25. The second-order valence-electron chi connectivity index (χ2n) is 4.99. The Morgan fingerprint density at radius 2 is 2.04 bits per heavy atom. The van der Waals surface area contributed by atoms with Gasteiger partial charge in [-0.05, 0) is 12.1 Å². The number of rotatable bonds is 5. The fourth-order valence-corrected chi connectivity index (χ4v) is 2.24. The lowest BCUT2D eigenvalue weighted by atomic mass is 10.2. The maximum Gasteiger partial charge on any atom is 0.282 e.